The number of hydrogen-bond donors (Lipinski definition) is 1. The molecule has 2 rings (SSSR count). The minimum Gasteiger partial charge on any atom is -0.396 e. The Balaban J connectivity index is 2.05. The van der Waals surface area contributed by atoms with Crippen LogP contribution in [0.3, 0.4) is 0 Å². The summed E-state index contributed by atoms with van der Waals surface area (Å²) in [6.07, 6.45) is 3.98. The fourth-order valence-corrected chi connectivity index (χ4v) is 1.64. The second kappa shape index (κ2) is 5.63. The standard InChI is InChI=1S/C11H17N5O2/c1-3-9(17-4-2)11-14-10(18-15-11)7-16-6-8(12)5-13-16/h5-6,9H,3-4,7,12H2,1-2H3. The summed E-state index contributed by atoms with van der Waals surface area (Å²) in [5.74, 6) is 1.07. The molecule has 0 radical (unpaired) electrons. The van der Waals surface area contributed by atoms with E-state index in [-0.39, 0.29) is 6.10 Å². The first-order chi connectivity index (χ1) is 8.72. The fraction of sp³-hybridized carbons (Fsp3) is 0.545. The average molecular weight is 251 g/mol. The minimum absolute atomic E-state index is 0.116. The van der Waals surface area contributed by atoms with Crippen molar-refractivity contribution < 1.29 is 9.26 Å². The Morgan fingerprint density at radius 3 is 2.94 bits per heavy atom. The van der Waals surface area contributed by atoms with Crippen molar-refractivity contribution in [3.05, 3.63) is 24.1 Å². The average Bonchev–Trinajstić information content (AvgIpc) is 2.96. The third-order valence-electron chi connectivity index (χ3n) is 2.46. The van der Waals surface area contributed by atoms with Gasteiger partial charge >= 0.3 is 0 Å². The summed E-state index contributed by atoms with van der Waals surface area (Å²) in [5, 5.41) is 7.98. The normalized spacial score (nSPS) is 12.8. The van der Waals surface area contributed by atoms with Gasteiger partial charge in [-0.25, -0.2) is 0 Å². The van der Waals surface area contributed by atoms with Gasteiger partial charge < -0.3 is 15.0 Å². The largest absolute Gasteiger partial charge is 0.396 e. The minimum atomic E-state index is -0.116. The molecule has 2 aromatic rings. The zero-order valence-electron chi connectivity index (χ0n) is 10.5. The molecule has 2 heterocycles. The predicted octanol–water partition coefficient (Wildman–Crippen LogP) is 1.38. The smallest absolute Gasteiger partial charge is 0.248 e. The van der Waals surface area contributed by atoms with Crippen molar-refractivity contribution in [3.8, 4) is 0 Å². The number of nitrogens with zero attached hydrogens (tertiary/aromatic N) is 4. The van der Waals surface area contributed by atoms with Gasteiger partial charge in [0.25, 0.3) is 0 Å². The lowest BCUT2D eigenvalue weighted by Crippen LogP contribution is -2.05. The fourth-order valence-electron chi connectivity index (χ4n) is 1.64. The molecule has 98 valence electrons. The van der Waals surface area contributed by atoms with Crippen LogP contribution in [0.25, 0.3) is 0 Å². The third-order valence-corrected chi connectivity index (χ3v) is 2.46. The zero-order valence-corrected chi connectivity index (χ0v) is 10.5. The van der Waals surface area contributed by atoms with E-state index >= 15 is 0 Å². The number of nitrogen functional groups attached to an aromatic ring is 1. The van der Waals surface area contributed by atoms with E-state index in [1.807, 2.05) is 13.8 Å². The lowest BCUT2D eigenvalue weighted by atomic mass is 10.2. The van der Waals surface area contributed by atoms with Crippen molar-refractivity contribution in [3.63, 3.8) is 0 Å². The number of anilines is 1. The van der Waals surface area contributed by atoms with Crippen LogP contribution >= 0.6 is 0 Å². The highest BCUT2D eigenvalue weighted by Crippen LogP contribution is 2.17. The molecule has 2 N–H and O–H groups in total. The highest BCUT2D eigenvalue weighted by atomic mass is 16.5. The van der Waals surface area contributed by atoms with Crippen molar-refractivity contribution in [2.24, 2.45) is 0 Å². The molecule has 0 amide bonds. The van der Waals surface area contributed by atoms with Gasteiger partial charge in [-0.15, -0.1) is 0 Å². The summed E-state index contributed by atoms with van der Waals surface area (Å²) >= 11 is 0. The highest BCUT2D eigenvalue weighted by Gasteiger charge is 2.16. The van der Waals surface area contributed by atoms with Gasteiger partial charge in [0.2, 0.25) is 11.7 Å². The Morgan fingerprint density at radius 2 is 2.33 bits per heavy atom. The zero-order chi connectivity index (χ0) is 13.0. The summed E-state index contributed by atoms with van der Waals surface area (Å²) in [5.41, 5.74) is 6.18. The molecule has 0 bridgehead atoms. The quantitative estimate of drug-likeness (QED) is 0.833. The molecule has 0 fully saturated rings. The molecule has 7 heteroatoms. The van der Waals surface area contributed by atoms with Crippen molar-refractivity contribution in [2.45, 2.75) is 32.9 Å². The second-order valence-corrected chi connectivity index (χ2v) is 3.87. The van der Waals surface area contributed by atoms with Crippen molar-refractivity contribution in [1.82, 2.24) is 19.9 Å². The molecule has 0 aromatic carbocycles. The van der Waals surface area contributed by atoms with Crippen LogP contribution in [0.2, 0.25) is 0 Å². The Kier molecular flexibility index (Phi) is 3.93. The molecule has 18 heavy (non-hydrogen) atoms. The molecular formula is C11H17N5O2. The summed E-state index contributed by atoms with van der Waals surface area (Å²) in [4.78, 5) is 4.30. The van der Waals surface area contributed by atoms with Crippen molar-refractivity contribution in [2.75, 3.05) is 12.3 Å². The summed E-state index contributed by atoms with van der Waals surface area (Å²) in [6, 6.07) is 0. The van der Waals surface area contributed by atoms with Gasteiger partial charge in [0, 0.05) is 12.8 Å². The summed E-state index contributed by atoms with van der Waals surface area (Å²) in [7, 11) is 0. The number of ether oxygens (including phenoxy) is 1. The van der Waals surface area contributed by atoms with Crippen LogP contribution in [0.15, 0.2) is 16.9 Å². The van der Waals surface area contributed by atoms with E-state index in [1.54, 1.807) is 17.1 Å². The Labute approximate surface area is 105 Å². The molecule has 0 aliphatic carbocycles. The van der Waals surface area contributed by atoms with Crippen LogP contribution in [-0.4, -0.2) is 26.5 Å². The first kappa shape index (κ1) is 12.6. The van der Waals surface area contributed by atoms with E-state index in [0.29, 0.717) is 30.6 Å². The maximum absolute atomic E-state index is 5.58. The molecule has 7 nitrogen and oxygen atoms in total. The Morgan fingerprint density at radius 1 is 1.50 bits per heavy atom. The van der Waals surface area contributed by atoms with E-state index in [1.165, 1.54) is 0 Å². The van der Waals surface area contributed by atoms with E-state index in [2.05, 4.69) is 15.2 Å². The van der Waals surface area contributed by atoms with E-state index < -0.39 is 0 Å². The van der Waals surface area contributed by atoms with Crippen molar-refractivity contribution in [1.29, 1.82) is 0 Å². The second-order valence-electron chi connectivity index (χ2n) is 3.87. The molecule has 1 unspecified atom stereocenters. The van der Waals surface area contributed by atoms with Gasteiger partial charge in [-0.1, -0.05) is 12.1 Å². The highest BCUT2D eigenvalue weighted by molar-refractivity contribution is 5.30. The Hall–Kier alpha value is -1.89. The molecular weight excluding hydrogens is 234 g/mol. The van der Waals surface area contributed by atoms with Gasteiger partial charge in [-0.2, -0.15) is 10.1 Å². The van der Waals surface area contributed by atoms with Gasteiger partial charge in [0.05, 0.1) is 11.9 Å². The van der Waals surface area contributed by atoms with Crippen molar-refractivity contribution >= 4 is 5.69 Å². The molecule has 0 saturated carbocycles. The first-order valence-corrected chi connectivity index (χ1v) is 5.95. The van der Waals surface area contributed by atoms with Gasteiger partial charge in [-0.3, -0.25) is 4.68 Å². The van der Waals surface area contributed by atoms with Gasteiger partial charge in [0.15, 0.2) is 0 Å². The molecule has 0 aliphatic heterocycles. The number of aromatic nitrogens is 4. The van der Waals surface area contributed by atoms with E-state index in [9.17, 15) is 0 Å². The van der Waals surface area contributed by atoms with Gasteiger partial charge in [-0.05, 0) is 13.3 Å². The summed E-state index contributed by atoms with van der Waals surface area (Å²) < 4.78 is 12.3. The van der Waals surface area contributed by atoms with Crippen LogP contribution < -0.4 is 5.73 Å². The lowest BCUT2D eigenvalue weighted by Gasteiger charge is -2.09. The molecule has 0 saturated heterocycles. The molecule has 1 atom stereocenters. The maximum Gasteiger partial charge on any atom is 0.248 e. The SMILES string of the molecule is CCOC(CC)c1noc(Cn2cc(N)cn2)n1. The van der Waals surface area contributed by atoms with Crippen LogP contribution in [0.1, 0.15) is 38.1 Å². The number of hydrogen-bond acceptors (Lipinski definition) is 6. The van der Waals surface area contributed by atoms with Gasteiger partial charge in [0.1, 0.15) is 12.6 Å². The Bertz CT molecular complexity index is 493. The monoisotopic (exact) mass is 251 g/mol. The van der Waals surface area contributed by atoms with E-state index in [4.69, 9.17) is 15.0 Å². The van der Waals surface area contributed by atoms with Crippen LogP contribution in [0.4, 0.5) is 5.69 Å². The molecule has 2 aromatic heterocycles. The predicted molar refractivity (Wildman–Crippen MR) is 64.7 cm³/mol. The molecule has 0 spiro atoms. The lowest BCUT2D eigenvalue weighted by molar-refractivity contribution is 0.0518. The summed E-state index contributed by atoms with van der Waals surface area (Å²) in [6.45, 7) is 4.99. The number of nitrogens with two attached hydrogens (primary N) is 1. The van der Waals surface area contributed by atoms with E-state index in [0.717, 1.165) is 6.42 Å². The molecule has 0 aliphatic rings. The maximum atomic E-state index is 5.58. The topological polar surface area (TPSA) is 92.0 Å². The first-order valence-electron chi connectivity index (χ1n) is 5.95. The van der Waals surface area contributed by atoms with Crippen LogP contribution in [0.5, 0.6) is 0 Å². The third kappa shape index (κ3) is 2.86. The number of rotatable bonds is 6. The van der Waals surface area contributed by atoms with Crippen LogP contribution in [-0.2, 0) is 11.3 Å². The van der Waals surface area contributed by atoms with Crippen LogP contribution in [0, 0.1) is 0 Å².